The summed E-state index contributed by atoms with van der Waals surface area (Å²) in [5, 5.41) is 8.96. The lowest BCUT2D eigenvalue weighted by atomic mass is 9.77. The summed E-state index contributed by atoms with van der Waals surface area (Å²) < 4.78 is 1.79. The zero-order chi connectivity index (χ0) is 19.7. The molecule has 3 unspecified atom stereocenters. The lowest BCUT2D eigenvalue weighted by molar-refractivity contribution is 0.0740. The van der Waals surface area contributed by atoms with Gasteiger partial charge in [0.25, 0.3) is 5.91 Å². The Bertz CT molecular complexity index is 818. The first-order chi connectivity index (χ1) is 13.5. The largest absolute Gasteiger partial charge is 0.338 e. The maximum Gasteiger partial charge on any atom is 0.274 e. The van der Waals surface area contributed by atoms with E-state index in [-0.39, 0.29) is 17.9 Å². The summed E-state index contributed by atoms with van der Waals surface area (Å²) in [6, 6.07) is 10.8. The van der Waals surface area contributed by atoms with Gasteiger partial charge in [0, 0.05) is 31.6 Å². The number of hydrogen-bond acceptors (Lipinski definition) is 5. The molecule has 1 aliphatic heterocycles. The average molecular weight is 383 g/mol. The molecule has 1 aromatic heterocycles. The summed E-state index contributed by atoms with van der Waals surface area (Å²) >= 11 is 0. The molecule has 2 N–H and O–H groups in total. The van der Waals surface area contributed by atoms with Gasteiger partial charge in [0.15, 0.2) is 5.69 Å². The van der Waals surface area contributed by atoms with E-state index < -0.39 is 0 Å². The molecular formula is C21H30N6O. The van der Waals surface area contributed by atoms with Crippen LogP contribution in [0.5, 0.6) is 0 Å². The van der Waals surface area contributed by atoms with E-state index in [1.54, 1.807) is 9.58 Å². The normalized spacial score (nSPS) is 24.4. The molecular weight excluding hydrogens is 352 g/mol. The number of hydrogen-bond donors (Lipinski definition) is 2. The highest BCUT2D eigenvalue weighted by Crippen LogP contribution is 2.38. The molecule has 1 saturated carbocycles. The Kier molecular flexibility index (Phi) is 5.46. The maximum absolute atomic E-state index is 13.3. The van der Waals surface area contributed by atoms with Gasteiger partial charge in [-0.15, -0.1) is 5.10 Å². The molecule has 1 amide bonds. The summed E-state index contributed by atoms with van der Waals surface area (Å²) in [6.07, 6.45) is 3.17. The predicted molar refractivity (Wildman–Crippen MR) is 108 cm³/mol. The van der Waals surface area contributed by atoms with Crippen molar-refractivity contribution in [2.45, 2.75) is 57.7 Å². The zero-order valence-electron chi connectivity index (χ0n) is 16.9. The van der Waals surface area contributed by atoms with Crippen molar-refractivity contribution < 1.29 is 4.79 Å². The second-order valence-electron chi connectivity index (χ2n) is 8.38. The molecule has 1 aromatic carbocycles. The molecule has 0 bridgehead atoms. The number of fused-ring (bicyclic) bond motifs is 1. The third-order valence-electron chi connectivity index (χ3n) is 6.25. The fourth-order valence-electron chi connectivity index (χ4n) is 4.34. The van der Waals surface area contributed by atoms with Crippen molar-refractivity contribution in [2.24, 2.45) is 5.92 Å². The van der Waals surface area contributed by atoms with Gasteiger partial charge in [-0.2, -0.15) is 0 Å². The number of hydrazine groups is 1. The van der Waals surface area contributed by atoms with Crippen LogP contribution in [0.3, 0.4) is 0 Å². The standard InChI is InChI=1S/C21H30N6O/c1-14(2)26(3)21(28)20-19(16-9-10-18-17(11-16)12-22-23-18)24-25-27(20)13-15-7-5-4-6-8-15/h4-8,14,16-18,22-23H,9-13H2,1-3H3. The summed E-state index contributed by atoms with van der Waals surface area (Å²) in [5.74, 6) is 0.881. The van der Waals surface area contributed by atoms with Crippen molar-refractivity contribution in [1.29, 1.82) is 0 Å². The van der Waals surface area contributed by atoms with Gasteiger partial charge in [-0.3, -0.25) is 15.6 Å². The van der Waals surface area contributed by atoms with Crippen LogP contribution in [0.15, 0.2) is 30.3 Å². The van der Waals surface area contributed by atoms with E-state index >= 15 is 0 Å². The van der Waals surface area contributed by atoms with Gasteiger partial charge in [0.1, 0.15) is 0 Å². The van der Waals surface area contributed by atoms with Crippen LogP contribution >= 0.6 is 0 Å². The molecule has 28 heavy (non-hydrogen) atoms. The average Bonchev–Trinajstić information content (AvgIpc) is 3.33. The van der Waals surface area contributed by atoms with E-state index in [1.807, 2.05) is 39.1 Å². The highest BCUT2D eigenvalue weighted by molar-refractivity contribution is 5.93. The Morgan fingerprint density at radius 1 is 1.29 bits per heavy atom. The molecule has 3 atom stereocenters. The van der Waals surface area contributed by atoms with Gasteiger partial charge >= 0.3 is 0 Å². The minimum absolute atomic E-state index is 0.00993. The lowest BCUT2D eigenvalue weighted by Gasteiger charge is -2.30. The van der Waals surface area contributed by atoms with Crippen molar-refractivity contribution in [3.63, 3.8) is 0 Å². The first-order valence-corrected chi connectivity index (χ1v) is 10.3. The van der Waals surface area contributed by atoms with E-state index in [2.05, 4.69) is 33.3 Å². The zero-order valence-corrected chi connectivity index (χ0v) is 16.9. The second-order valence-corrected chi connectivity index (χ2v) is 8.38. The molecule has 0 spiro atoms. The molecule has 1 saturated heterocycles. The van der Waals surface area contributed by atoms with Crippen molar-refractivity contribution in [3.8, 4) is 0 Å². The molecule has 2 aromatic rings. The fourth-order valence-corrected chi connectivity index (χ4v) is 4.34. The Morgan fingerprint density at radius 3 is 2.82 bits per heavy atom. The van der Waals surface area contributed by atoms with Crippen LogP contribution in [0, 0.1) is 5.92 Å². The number of nitrogens with zero attached hydrogens (tertiary/aromatic N) is 4. The van der Waals surface area contributed by atoms with Crippen molar-refractivity contribution in [2.75, 3.05) is 13.6 Å². The minimum Gasteiger partial charge on any atom is -0.338 e. The van der Waals surface area contributed by atoms with Crippen LogP contribution in [0.25, 0.3) is 0 Å². The van der Waals surface area contributed by atoms with Gasteiger partial charge in [-0.05, 0) is 44.6 Å². The van der Waals surface area contributed by atoms with Gasteiger partial charge in [0.2, 0.25) is 0 Å². The van der Waals surface area contributed by atoms with Crippen molar-refractivity contribution >= 4 is 5.91 Å². The number of benzene rings is 1. The number of carbonyl (C=O) groups excluding carboxylic acids is 1. The highest BCUT2D eigenvalue weighted by Gasteiger charge is 2.38. The Hall–Kier alpha value is -2.25. The van der Waals surface area contributed by atoms with Gasteiger partial charge < -0.3 is 4.90 Å². The third kappa shape index (κ3) is 3.69. The smallest absolute Gasteiger partial charge is 0.274 e. The quantitative estimate of drug-likeness (QED) is 0.829. The van der Waals surface area contributed by atoms with Crippen LogP contribution in [0.4, 0.5) is 0 Å². The van der Waals surface area contributed by atoms with Crippen LogP contribution in [-0.4, -0.2) is 51.5 Å². The Labute approximate surface area is 166 Å². The van der Waals surface area contributed by atoms with Gasteiger partial charge in [-0.25, -0.2) is 4.68 Å². The first-order valence-electron chi connectivity index (χ1n) is 10.3. The van der Waals surface area contributed by atoms with Crippen LogP contribution in [0.2, 0.25) is 0 Å². The SMILES string of the molecule is CC(C)N(C)C(=O)c1c(C2CCC3NNCC3C2)nnn1Cc1ccccc1. The molecule has 7 heteroatoms. The number of carbonyl (C=O) groups is 1. The van der Waals surface area contributed by atoms with E-state index in [1.165, 1.54) is 0 Å². The van der Waals surface area contributed by atoms with Crippen molar-refractivity contribution in [3.05, 3.63) is 47.3 Å². The molecule has 7 nitrogen and oxygen atoms in total. The number of aromatic nitrogens is 3. The molecule has 2 aliphatic rings. The van der Waals surface area contributed by atoms with E-state index in [4.69, 9.17) is 0 Å². The van der Waals surface area contributed by atoms with Gasteiger partial charge in [0.05, 0.1) is 12.2 Å². The number of amides is 1. The third-order valence-corrected chi connectivity index (χ3v) is 6.25. The molecule has 1 aliphatic carbocycles. The molecule has 2 fully saturated rings. The van der Waals surface area contributed by atoms with Crippen LogP contribution < -0.4 is 10.9 Å². The highest BCUT2D eigenvalue weighted by atomic mass is 16.2. The van der Waals surface area contributed by atoms with Crippen molar-refractivity contribution in [1.82, 2.24) is 30.7 Å². The predicted octanol–water partition coefficient (Wildman–Crippen LogP) is 2.17. The monoisotopic (exact) mass is 382 g/mol. The van der Waals surface area contributed by atoms with E-state index in [0.717, 1.165) is 37.1 Å². The van der Waals surface area contributed by atoms with Gasteiger partial charge in [-0.1, -0.05) is 35.5 Å². The molecule has 150 valence electrons. The molecule has 2 heterocycles. The van der Waals surface area contributed by atoms with Crippen LogP contribution in [0.1, 0.15) is 60.8 Å². The molecule has 4 rings (SSSR count). The second kappa shape index (κ2) is 8.01. The fraction of sp³-hybridized carbons (Fsp3) is 0.571. The maximum atomic E-state index is 13.3. The summed E-state index contributed by atoms with van der Waals surface area (Å²) in [7, 11) is 1.86. The topological polar surface area (TPSA) is 75.1 Å². The van der Waals surface area contributed by atoms with E-state index in [9.17, 15) is 4.79 Å². The molecule has 0 radical (unpaired) electrons. The Balaban J connectivity index is 1.66. The summed E-state index contributed by atoms with van der Waals surface area (Å²) in [5.41, 5.74) is 9.30. The Morgan fingerprint density at radius 2 is 2.07 bits per heavy atom. The van der Waals surface area contributed by atoms with E-state index in [0.29, 0.717) is 24.2 Å². The minimum atomic E-state index is 0.00993. The number of nitrogens with one attached hydrogen (secondary N) is 2. The summed E-state index contributed by atoms with van der Waals surface area (Å²) in [4.78, 5) is 15.1. The lowest BCUT2D eigenvalue weighted by Crippen LogP contribution is -2.37. The van der Waals surface area contributed by atoms with Crippen LogP contribution in [-0.2, 0) is 6.54 Å². The number of rotatable bonds is 5. The summed E-state index contributed by atoms with van der Waals surface area (Å²) in [6.45, 7) is 5.60. The first kappa shape index (κ1) is 19.1.